The molecule has 2 N–H and O–H groups in total. The fourth-order valence-electron chi connectivity index (χ4n) is 3.05. The van der Waals surface area contributed by atoms with Gasteiger partial charge < -0.3 is 10.1 Å². The number of hydrogen-bond donors (Lipinski definition) is 2. The van der Waals surface area contributed by atoms with Crippen molar-refractivity contribution in [2.24, 2.45) is 0 Å². The largest absolute Gasteiger partial charge is 0.448 e. The van der Waals surface area contributed by atoms with Crippen LogP contribution in [0, 0.1) is 10.1 Å². The van der Waals surface area contributed by atoms with Crippen LogP contribution in [-0.4, -0.2) is 44.1 Å². The minimum Gasteiger partial charge on any atom is -0.448 e. The molecule has 0 saturated carbocycles. The minimum atomic E-state index is -3.92. The molecule has 12 heteroatoms. The molecule has 3 aromatic carbocycles. The zero-order valence-electron chi connectivity index (χ0n) is 18.7. The van der Waals surface area contributed by atoms with Crippen molar-refractivity contribution in [3.05, 3.63) is 106 Å². The lowest BCUT2D eigenvalue weighted by Gasteiger charge is -2.18. The van der Waals surface area contributed by atoms with Gasteiger partial charge in [0.25, 0.3) is 5.69 Å². The number of ketones is 1. The number of carbonyl (C=O) groups is 3. The SMILES string of the molecule is O=C(CNS(=O)(=O)c1ccccc1)NCC(=O)OC(C(=O)c1ccccc1)c1ccc([N+](=O)[O-])cc1. The predicted octanol–water partition coefficient (Wildman–Crippen LogP) is 2.16. The molecule has 0 aromatic heterocycles. The number of nitro benzene ring substituents is 1. The lowest BCUT2D eigenvalue weighted by atomic mass is 9.99. The summed E-state index contributed by atoms with van der Waals surface area (Å²) < 4.78 is 31.8. The van der Waals surface area contributed by atoms with Gasteiger partial charge in [-0.2, -0.15) is 0 Å². The van der Waals surface area contributed by atoms with E-state index in [1.54, 1.807) is 24.3 Å². The van der Waals surface area contributed by atoms with E-state index < -0.39 is 51.8 Å². The second kappa shape index (κ2) is 11.8. The first-order chi connectivity index (χ1) is 17.2. The molecule has 11 nitrogen and oxygen atoms in total. The molecule has 1 unspecified atom stereocenters. The molecule has 0 aliphatic rings. The van der Waals surface area contributed by atoms with E-state index in [1.165, 1.54) is 60.7 Å². The lowest BCUT2D eigenvalue weighted by Crippen LogP contribution is -2.39. The van der Waals surface area contributed by atoms with Crippen molar-refractivity contribution in [2.45, 2.75) is 11.0 Å². The van der Waals surface area contributed by atoms with Gasteiger partial charge in [0.05, 0.1) is 16.4 Å². The molecule has 0 heterocycles. The monoisotopic (exact) mass is 511 g/mol. The fraction of sp³-hybridized carbons (Fsp3) is 0.125. The van der Waals surface area contributed by atoms with Gasteiger partial charge in [-0.05, 0) is 24.3 Å². The van der Waals surface area contributed by atoms with Crippen molar-refractivity contribution in [3.8, 4) is 0 Å². The summed E-state index contributed by atoms with van der Waals surface area (Å²) in [7, 11) is -3.92. The summed E-state index contributed by atoms with van der Waals surface area (Å²) in [6.45, 7) is -1.27. The third-order valence-electron chi connectivity index (χ3n) is 4.86. The molecule has 36 heavy (non-hydrogen) atoms. The molecule has 0 aliphatic heterocycles. The maximum atomic E-state index is 13.0. The number of non-ortho nitro benzene ring substituents is 1. The molecule has 0 fully saturated rings. The Balaban J connectivity index is 1.64. The molecule has 0 radical (unpaired) electrons. The van der Waals surface area contributed by atoms with Crippen LogP contribution in [0.3, 0.4) is 0 Å². The van der Waals surface area contributed by atoms with Crippen molar-refractivity contribution < 1.29 is 32.5 Å². The van der Waals surface area contributed by atoms with Gasteiger partial charge in [0, 0.05) is 23.3 Å². The number of amides is 1. The molecule has 0 saturated heterocycles. The number of nitro groups is 1. The van der Waals surface area contributed by atoms with E-state index >= 15 is 0 Å². The second-order valence-corrected chi connectivity index (χ2v) is 9.13. The number of nitrogens with zero attached hydrogens (tertiary/aromatic N) is 1. The van der Waals surface area contributed by atoms with Crippen LogP contribution in [0.15, 0.2) is 89.8 Å². The van der Waals surface area contributed by atoms with Crippen molar-refractivity contribution in [1.29, 1.82) is 0 Å². The Morgan fingerprint density at radius 1 is 0.861 bits per heavy atom. The molecule has 1 amide bonds. The number of hydrogen-bond acceptors (Lipinski definition) is 8. The van der Waals surface area contributed by atoms with Crippen molar-refractivity contribution in [2.75, 3.05) is 13.1 Å². The summed E-state index contributed by atoms with van der Waals surface area (Å²) in [6, 6.07) is 20.4. The Kier molecular flexibility index (Phi) is 8.60. The zero-order valence-corrected chi connectivity index (χ0v) is 19.5. The first kappa shape index (κ1) is 26.2. The molecule has 0 spiro atoms. The van der Waals surface area contributed by atoms with Gasteiger partial charge in [0.1, 0.15) is 6.54 Å². The van der Waals surface area contributed by atoms with Crippen molar-refractivity contribution in [1.82, 2.24) is 10.0 Å². The quantitative estimate of drug-likeness (QED) is 0.171. The molecular weight excluding hydrogens is 490 g/mol. The minimum absolute atomic E-state index is 0.0254. The van der Waals surface area contributed by atoms with E-state index in [0.717, 1.165) is 0 Å². The molecule has 3 aromatic rings. The summed E-state index contributed by atoms with van der Waals surface area (Å²) >= 11 is 0. The van der Waals surface area contributed by atoms with E-state index in [-0.39, 0.29) is 21.7 Å². The van der Waals surface area contributed by atoms with Crippen molar-refractivity contribution in [3.63, 3.8) is 0 Å². The van der Waals surface area contributed by atoms with Gasteiger partial charge in [-0.25, -0.2) is 13.1 Å². The smallest absolute Gasteiger partial charge is 0.326 e. The topological polar surface area (TPSA) is 162 Å². The second-order valence-electron chi connectivity index (χ2n) is 7.36. The third kappa shape index (κ3) is 7.04. The van der Waals surface area contributed by atoms with Gasteiger partial charge in [-0.3, -0.25) is 24.5 Å². The highest BCUT2D eigenvalue weighted by Crippen LogP contribution is 2.25. The summed E-state index contributed by atoms with van der Waals surface area (Å²) in [6.07, 6.45) is -1.42. The lowest BCUT2D eigenvalue weighted by molar-refractivity contribution is -0.384. The Labute approximate surface area is 206 Å². The maximum Gasteiger partial charge on any atom is 0.326 e. The van der Waals surface area contributed by atoms with Crippen LogP contribution in [0.1, 0.15) is 22.0 Å². The normalized spacial score (nSPS) is 11.8. The van der Waals surface area contributed by atoms with E-state index in [9.17, 15) is 32.9 Å². The standard InChI is InChI=1S/C24H21N3O8S/c28-21(15-26-36(33,34)20-9-5-2-6-10-20)25-16-22(29)35-24(23(30)17-7-3-1-4-8-17)18-11-13-19(14-12-18)27(31)32/h1-14,24,26H,15-16H2,(H,25,28). The van der Waals surface area contributed by atoms with Gasteiger partial charge in [-0.15, -0.1) is 0 Å². The van der Waals surface area contributed by atoms with Crippen LogP contribution in [0.2, 0.25) is 0 Å². The molecule has 1 atom stereocenters. The number of esters is 1. The first-order valence-corrected chi connectivity index (χ1v) is 12.0. The Morgan fingerprint density at radius 3 is 2.03 bits per heavy atom. The maximum absolute atomic E-state index is 13.0. The van der Waals surface area contributed by atoms with E-state index in [1.807, 2.05) is 0 Å². The highest BCUT2D eigenvalue weighted by atomic mass is 32.2. The molecule has 3 rings (SSSR count). The zero-order chi connectivity index (χ0) is 26.1. The number of nitrogens with one attached hydrogen (secondary N) is 2. The average Bonchev–Trinajstić information content (AvgIpc) is 2.90. The molecule has 0 aliphatic carbocycles. The Hall–Kier alpha value is -4.42. The summed E-state index contributed by atoms with van der Waals surface area (Å²) in [5, 5.41) is 13.2. The van der Waals surface area contributed by atoms with Crippen LogP contribution in [-0.2, 0) is 24.3 Å². The van der Waals surface area contributed by atoms with E-state index in [0.29, 0.717) is 0 Å². The number of Topliss-reactive ketones (excluding diaryl/α,β-unsaturated/α-hetero) is 1. The Bertz CT molecular complexity index is 1350. The average molecular weight is 512 g/mol. The van der Waals surface area contributed by atoms with Crippen LogP contribution >= 0.6 is 0 Å². The number of rotatable bonds is 11. The number of carbonyl (C=O) groups excluding carboxylic acids is 3. The Morgan fingerprint density at radius 2 is 1.44 bits per heavy atom. The van der Waals surface area contributed by atoms with Gasteiger partial charge >= 0.3 is 5.97 Å². The van der Waals surface area contributed by atoms with Crippen molar-refractivity contribution >= 4 is 33.4 Å². The van der Waals surface area contributed by atoms with Crippen LogP contribution in [0.4, 0.5) is 5.69 Å². The van der Waals surface area contributed by atoms with Crippen LogP contribution in [0.5, 0.6) is 0 Å². The third-order valence-corrected chi connectivity index (χ3v) is 6.28. The van der Waals surface area contributed by atoms with Gasteiger partial charge in [0.15, 0.2) is 6.10 Å². The van der Waals surface area contributed by atoms with Gasteiger partial charge in [0.2, 0.25) is 21.7 Å². The predicted molar refractivity (Wildman–Crippen MR) is 127 cm³/mol. The molecule has 0 bridgehead atoms. The van der Waals surface area contributed by atoms with Crippen LogP contribution in [0.25, 0.3) is 0 Å². The van der Waals surface area contributed by atoms with Crippen LogP contribution < -0.4 is 10.0 Å². The summed E-state index contributed by atoms with van der Waals surface area (Å²) in [5.41, 5.74) is 0.235. The molecule has 186 valence electrons. The number of sulfonamides is 1. The first-order valence-electron chi connectivity index (χ1n) is 10.5. The number of benzene rings is 3. The number of ether oxygens (including phenoxy) is 1. The highest BCUT2D eigenvalue weighted by molar-refractivity contribution is 7.89. The fourth-order valence-corrected chi connectivity index (χ4v) is 4.05. The van der Waals surface area contributed by atoms with E-state index in [4.69, 9.17) is 4.74 Å². The molecular formula is C24H21N3O8S. The summed E-state index contributed by atoms with van der Waals surface area (Å²) in [5.74, 6) is -2.34. The van der Waals surface area contributed by atoms with Gasteiger partial charge in [-0.1, -0.05) is 48.5 Å². The summed E-state index contributed by atoms with van der Waals surface area (Å²) in [4.78, 5) is 47.8. The van der Waals surface area contributed by atoms with E-state index in [2.05, 4.69) is 10.0 Å². The highest BCUT2D eigenvalue weighted by Gasteiger charge is 2.27.